The van der Waals surface area contributed by atoms with Crippen LogP contribution in [-0.2, 0) is 0 Å². The fourth-order valence-corrected chi connectivity index (χ4v) is 1.47. The van der Waals surface area contributed by atoms with E-state index in [0.717, 1.165) is 28.7 Å². The fraction of sp³-hybridized carbons (Fsp3) is 0.417. The van der Waals surface area contributed by atoms with Crippen molar-refractivity contribution in [2.24, 2.45) is 0 Å². The molecule has 2 heteroatoms. The summed E-state index contributed by atoms with van der Waals surface area (Å²) in [5.74, 6) is 1.23. The molecule has 76 valence electrons. The van der Waals surface area contributed by atoms with Crippen LogP contribution < -0.4 is 4.74 Å². The zero-order chi connectivity index (χ0) is 10.7. The molecule has 0 radical (unpaired) electrons. The Bertz CT molecular complexity index is 340. The van der Waals surface area contributed by atoms with Gasteiger partial charge in [-0.15, -0.1) is 0 Å². The van der Waals surface area contributed by atoms with Gasteiger partial charge in [0.15, 0.2) is 0 Å². The first-order valence-electron chi connectivity index (χ1n) is 4.73. The second kappa shape index (κ2) is 4.27. The van der Waals surface area contributed by atoms with Gasteiger partial charge in [-0.3, -0.25) is 4.79 Å². The Morgan fingerprint density at radius 1 is 1.36 bits per heavy atom. The average Bonchev–Trinajstić information content (AvgIpc) is 2.16. The van der Waals surface area contributed by atoms with Gasteiger partial charge in [0.05, 0.1) is 7.11 Å². The summed E-state index contributed by atoms with van der Waals surface area (Å²) in [5, 5.41) is 0. The molecule has 0 fully saturated rings. The Morgan fingerprint density at radius 2 is 2.00 bits per heavy atom. The molecule has 0 saturated carbocycles. The van der Waals surface area contributed by atoms with Gasteiger partial charge >= 0.3 is 0 Å². The number of methoxy groups -OCH3 is 1. The van der Waals surface area contributed by atoms with Crippen molar-refractivity contribution < 1.29 is 9.53 Å². The van der Waals surface area contributed by atoms with Crippen LogP contribution in [0, 0.1) is 6.92 Å². The maximum atomic E-state index is 10.8. The van der Waals surface area contributed by atoms with Crippen molar-refractivity contribution in [3.8, 4) is 5.75 Å². The van der Waals surface area contributed by atoms with E-state index in [2.05, 4.69) is 13.8 Å². The molecule has 0 unspecified atom stereocenters. The molecule has 0 atom stereocenters. The van der Waals surface area contributed by atoms with E-state index in [1.54, 1.807) is 7.11 Å². The van der Waals surface area contributed by atoms with Crippen LogP contribution >= 0.6 is 0 Å². The van der Waals surface area contributed by atoms with Gasteiger partial charge in [0.2, 0.25) is 0 Å². The normalized spacial score (nSPS) is 10.4. The van der Waals surface area contributed by atoms with E-state index in [1.807, 2.05) is 19.1 Å². The summed E-state index contributed by atoms with van der Waals surface area (Å²) in [6.45, 7) is 6.08. The van der Waals surface area contributed by atoms with E-state index in [4.69, 9.17) is 4.74 Å². The van der Waals surface area contributed by atoms with Crippen LogP contribution in [0.3, 0.4) is 0 Å². The van der Waals surface area contributed by atoms with Gasteiger partial charge in [0.25, 0.3) is 0 Å². The van der Waals surface area contributed by atoms with E-state index in [-0.39, 0.29) is 0 Å². The number of benzene rings is 1. The lowest BCUT2D eigenvalue weighted by molar-refractivity contribution is 0.112. The van der Waals surface area contributed by atoms with Crippen molar-refractivity contribution >= 4 is 6.29 Å². The van der Waals surface area contributed by atoms with E-state index >= 15 is 0 Å². The maximum Gasteiger partial charge on any atom is 0.150 e. The molecule has 0 saturated heterocycles. The predicted octanol–water partition coefficient (Wildman–Crippen LogP) is 2.94. The number of hydrogen-bond donors (Lipinski definition) is 0. The highest BCUT2D eigenvalue weighted by Gasteiger charge is 2.10. The number of aldehydes is 1. The summed E-state index contributed by atoms with van der Waals surface area (Å²) in [5.41, 5.74) is 2.79. The van der Waals surface area contributed by atoms with Crippen LogP contribution in [0.2, 0.25) is 0 Å². The lowest BCUT2D eigenvalue weighted by atomic mass is 9.97. The molecular weight excluding hydrogens is 176 g/mol. The SMILES string of the molecule is COc1cc(C)c(C=O)cc1C(C)C. The monoisotopic (exact) mass is 192 g/mol. The largest absolute Gasteiger partial charge is 0.496 e. The molecule has 0 amide bonds. The molecule has 0 spiro atoms. The molecule has 1 rings (SSSR count). The summed E-state index contributed by atoms with van der Waals surface area (Å²) in [6.07, 6.45) is 0.890. The zero-order valence-corrected chi connectivity index (χ0v) is 9.13. The number of hydrogen-bond acceptors (Lipinski definition) is 2. The zero-order valence-electron chi connectivity index (χ0n) is 9.13. The highest BCUT2D eigenvalue weighted by molar-refractivity contribution is 5.78. The van der Waals surface area contributed by atoms with Crippen LogP contribution in [0.25, 0.3) is 0 Å². The Kier molecular flexibility index (Phi) is 3.28. The molecular formula is C12H16O2. The molecule has 0 heterocycles. The Balaban J connectivity index is 3.32. The highest BCUT2D eigenvalue weighted by atomic mass is 16.5. The van der Waals surface area contributed by atoms with Crippen molar-refractivity contribution in [1.29, 1.82) is 0 Å². The van der Waals surface area contributed by atoms with Gasteiger partial charge in [0, 0.05) is 5.56 Å². The van der Waals surface area contributed by atoms with Crippen molar-refractivity contribution in [1.82, 2.24) is 0 Å². The highest BCUT2D eigenvalue weighted by Crippen LogP contribution is 2.28. The number of rotatable bonds is 3. The molecule has 1 aromatic carbocycles. The average molecular weight is 192 g/mol. The molecule has 2 nitrogen and oxygen atoms in total. The first-order valence-corrected chi connectivity index (χ1v) is 4.73. The van der Waals surface area contributed by atoms with Gasteiger partial charge in [-0.1, -0.05) is 13.8 Å². The lowest BCUT2D eigenvalue weighted by Crippen LogP contribution is -1.98. The van der Waals surface area contributed by atoms with Crippen LogP contribution in [0.1, 0.15) is 41.3 Å². The Labute approximate surface area is 84.9 Å². The van der Waals surface area contributed by atoms with Crippen molar-refractivity contribution in [2.75, 3.05) is 7.11 Å². The topological polar surface area (TPSA) is 26.3 Å². The molecule has 0 aliphatic heterocycles. The third kappa shape index (κ3) is 1.95. The molecule has 1 aromatic rings. The Morgan fingerprint density at radius 3 is 2.43 bits per heavy atom. The summed E-state index contributed by atoms with van der Waals surface area (Å²) in [4.78, 5) is 10.8. The molecule has 14 heavy (non-hydrogen) atoms. The molecule has 0 aliphatic carbocycles. The van der Waals surface area contributed by atoms with Gasteiger partial charge in [-0.05, 0) is 36.1 Å². The minimum Gasteiger partial charge on any atom is -0.496 e. The third-order valence-corrected chi connectivity index (χ3v) is 2.37. The van der Waals surface area contributed by atoms with E-state index in [1.165, 1.54) is 0 Å². The predicted molar refractivity (Wildman–Crippen MR) is 57.2 cm³/mol. The van der Waals surface area contributed by atoms with Crippen molar-refractivity contribution in [3.63, 3.8) is 0 Å². The summed E-state index contributed by atoms with van der Waals surface area (Å²) < 4.78 is 5.27. The van der Waals surface area contributed by atoms with Gasteiger partial charge in [0.1, 0.15) is 12.0 Å². The molecule has 0 bridgehead atoms. The quantitative estimate of drug-likeness (QED) is 0.688. The molecule has 0 aliphatic rings. The summed E-state index contributed by atoms with van der Waals surface area (Å²) in [6, 6.07) is 3.82. The van der Waals surface area contributed by atoms with Crippen LogP contribution in [-0.4, -0.2) is 13.4 Å². The van der Waals surface area contributed by atoms with E-state index in [0.29, 0.717) is 5.92 Å². The van der Waals surface area contributed by atoms with Crippen molar-refractivity contribution in [3.05, 3.63) is 28.8 Å². The number of ether oxygens (including phenoxy) is 1. The maximum absolute atomic E-state index is 10.8. The third-order valence-electron chi connectivity index (χ3n) is 2.37. The molecule has 0 aromatic heterocycles. The van der Waals surface area contributed by atoms with Crippen LogP contribution in [0.4, 0.5) is 0 Å². The standard InChI is InChI=1S/C12H16O2/c1-8(2)11-6-10(7-13)9(3)5-12(11)14-4/h5-8H,1-4H3. The minimum atomic E-state index is 0.365. The van der Waals surface area contributed by atoms with Gasteiger partial charge in [-0.2, -0.15) is 0 Å². The smallest absolute Gasteiger partial charge is 0.150 e. The number of carbonyl (C=O) groups is 1. The van der Waals surface area contributed by atoms with Crippen molar-refractivity contribution in [2.45, 2.75) is 26.7 Å². The molecule has 0 N–H and O–H groups in total. The van der Waals surface area contributed by atoms with Gasteiger partial charge in [-0.25, -0.2) is 0 Å². The minimum absolute atomic E-state index is 0.365. The summed E-state index contributed by atoms with van der Waals surface area (Å²) >= 11 is 0. The van der Waals surface area contributed by atoms with Crippen LogP contribution in [0.15, 0.2) is 12.1 Å². The second-order valence-corrected chi connectivity index (χ2v) is 3.72. The van der Waals surface area contributed by atoms with Crippen LogP contribution in [0.5, 0.6) is 5.75 Å². The summed E-state index contributed by atoms with van der Waals surface area (Å²) in [7, 11) is 1.65. The number of aryl methyl sites for hydroxylation is 1. The van der Waals surface area contributed by atoms with E-state index < -0.39 is 0 Å². The fourth-order valence-electron chi connectivity index (χ4n) is 1.47. The first kappa shape index (κ1) is 10.8. The first-order chi connectivity index (χ1) is 6.60. The Hall–Kier alpha value is -1.31. The number of carbonyl (C=O) groups excluding carboxylic acids is 1. The van der Waals surface area contributed by atoms with E-state index in [9.17, 15) is 4.79 Å². The second-order valence-electron chi connectivity index (χ2n) is 3.72. The lowest BCUT2D eigenvalue weighted by Gasteiger charge is -2.13. The van der Waals surface area contributed by atoms with Gasteiger partial charge < -0.3 is 4.74 Å².